The Balaban J connectivity index is 2.26. The van der Waals surface area contributed by atoms with Crippen LogP contribution in [0.4, 0.5) is 0 Å². The molecule has 0 aliphatic carbocycles. The SMILES string of the molecule is Cc1cc(=O)oc(C)c1C(=O)N1CC[NH+](C)CC1. The van der Waals surface area contributed by atoms with Crippen molar-refractivity contribution in [2.24, 2.45) is 0 Å². The minimum Gasteiger partial charge on any atom is -0.427 e. The highest BCUT2D eigenvalue weighted by Gasteiger charge is 2.25. The van der Waals surface area contributed by atoms with E-state index in [1.165, 1.54) is 11.0 Å². The second kappa shape index (κ2) is 4.94. The maximum absolute atomic E-state index is 12.4. The molecule has 0 bridgehead atoms. The lowest BCUT2D eigenvalue weighted by molar-refractivity contribution is -0.883. The van der Waals surface area contributed by atoms with Crippen molar-refractivity contribution >= 4 is 5.91 Å². The number of carbonyl (C=O) groups excluding carboxylic acids is 1. The number of likely N-dealkylation sites (N-methyl/N-ethyl adjacent to an activating group) is 1. The van der Waals surface area contributed by atoms with E-state index in [-0.39, 0.29) is 5.91 Å². The molecule has 1 N–H and O–H groups in total. The highest BCUT2D eigenvalue weighted by atomic mass is 16.4. The van der Waals surface area contributed by atoms with Crippen LogP contribution in [0.3, 0.4) is 0 Å². The third-order valence-electron chi connectivity index (χ3n) is 3.45. The number of amides is 1. The Morgan fingerprint density at radius 3 is 2.50 bits per heavy atom. The van der Waals surface area contributed by atoms with Gasteiger partial charge in [0.25, 0.3) is 5.91 Å². The molecule has 0 aromatic carbocycles. The summed E-state index contributed by atoms with van der Waals surface area (Å²) >= 11 is 0. The highest BCUT2D eigenvalue weighted by Crippen LogP contribution is 2.14. The summed E-state index contributed by atoms with van der Waals surface area (Å²) in [7, 11) is 2.12. The van der Waals surface area contributed by atoms with E-state index in [0.717, 1.165) is 26.2 Å². The van der Waals surface area contributed by atoms with E-state index in [4.69, 9.17) is 4.42 Å². The fourth-order valence-corrected chi connectivity index (χ4v) is 2.33. The number of rotatable bonds is 1. The number of aryl methyl sites for hydroxylation is 2. The number of nitrogens with zero attached hydrogens (tertiary/aromatic N) is 1. The van der Waals surface area contributed by atoms with Crippen LogP contribution < -0.4 is 10.5 Å². The Hall–Kier alpha value is -1.62. The average molecular weight is 251 g/mol. The molecule has 0 unspecified atom stereocenters. The largest absolute Gasteiger partial charge is 0.427 e. The molecular weight excluding hydrogens is 232 g/mol. The van der Waals surface area contributed by atoms with Gasteiger partial charge in [0.15, 0.2) is 0 Å². The topological polar surface area (TPSA) is 55.0 Å². The second-order valence-corrected chi connectivity index (χ2v) is 4.93. The minimum atomic E-state index is -0.399. The monoisotopic (exact) mass is 251 g/mol. The first-order valence-electron chi connectivity index (χ1n) is 6.21. The fourth-order valence-electron chi connectivity index (χ4n) is 2.33. The van der Waals surface area contributed by atoms with E-state index in [1.807, 2.05) is 4.90 Å². The van der Waals surface area contributed by atoms with Crippen molar-refractivity contribution in [1.29, 1.82) is 0 Å². The molecule has 1 fully saturated rings. The molecular formula is C13H19N2O3+. The first-order valence-corrected chi connectivity index (χ1v) is 6.21. The number of hydrogen-bond acceptors (Lipinski definition) is 3. The van der Waals surface area contributed by atoms with Crippen LogP contribution in [0.1, 0.15) is 21.7 Å². The zero-order valence-electron chi connectivity index (χ0n) is 11.1. The summed E-state index contributed by atoms with van der Waals surface area (Å²) < 4.78 is 5.01. The molecule has 18 heavy (non-hydrogen) atoms. The molecule has 1 aliphatic heterocycles. The molecule has 5 nitrogen and oxygen atoms in total. The highest BCUT2D eigenvalue weighted by molar-refractivity contribution is 5.96. The van der Waals surface area contributed by atoms with Crippen molar-refractivity contribution < 1.29 is 14.1 Å². The maximum atomic E-state index is 12.4. The van der Waals surface area contributed by atoms with Crippen LogP contribution in [0.15, 0.2) is 15.3 Å². The van der Waals surface area contributed by atoms with Gasteiger partial charge in [-0.15, -0.1) is 0 Å². The van der Waals surface area contributed by atoms with Crippen LogP contribution in [0.5, 0.6) is 0 Å². The first kappa shape index (κ1) is 12.8. The smallest absolute Gasteiger partial charge is 0.336 e. The van der Waals surface area contributed by atoms with Crippen molar-refractivity contribution in [3.63, 3.8) is 0 Å². The van der Waals surface area contributed by atoms with E-state index < -0.39 is 5.63 Å². The van der Waals surface area contributed by atoms with Gasteiger partial charge in [0.2, 0.25) is 0 Å². The van der Waals surface area contributed by atoms with Gasteiger partial charge >= 0.3 is 5.63 Å². The molecule has 2 heterocycles. The Kier molecular flexibility index (Phi) is 3.52. The van der Waals surface area contributed by atoms with Gasteiger partial charge < -0.3 is 14.2 Å². The van der Waals surface area contributed by atoms with Gasteiger partial charge in [0.05, 0.1) is 38.8 Å². The van der Waals surface area contributed by atoms with Crippen LogP contribution in [-0.2, 0) is 0 Å². The average Bonchev–Trinajstić information content (AvgIpc) is 2.28. The Labute approximate surface area is 106 Å². The van der Waals surface area contributed by atoms with Crippen molar-refractivity contribution in [2.75, 3.05) is 33.2 Å². The molecule has 98 valence electrons. The molecule has 1 amide bonds. The van der Waals surface area contributed by atoms with Gasteiger partial charge in [-0.3, -0.25) is 4.79 Å². The van der Waals surface area contributed by atoms with Gasteiger partial charge in [-0.05, 0) is 19.4 Å². The molecule has 1 saturated heterocycles. The van der Waals surface area contributed by atoms with Crippen molar-refractivity contribution in [3.8, 4) is 0 Å². The molecule has 1 aromatic heterocycles. The normalized spacial score (nSPS) is 16.9. The van der Waals surface area contributed by atoms with Crippen molar-refractivity contribution in [3.05, 3.63) is 33.4 Å². The van der Waals surface area contributed by atoms with E-state index in [1.54, 1.807) is 13.8 Å². The zero-order chi connectivity index (χ0) is 13.3. The van der Waals surface area contributed by atoms with Gasteiger partial charge in [0, 0.05) is 6.07 Å². The molecule has 1 aromatic rings. The third kappa shape index (κ3) is 2.46. The number of nitrogens with one attached hydrogen (secondary N) is 1. The lowest BCUT2D eigenvalue weighted by Crippen LogP contribution is -3.12. The molecule has 0 radical (unpaired) electrons. The minimum absolute atomic E-state index is 0.0266. The van der Waals surface area contributed by atoms with Gasteiger partial charge in [0.1, 0.15) is 5.76 Å². The molecule has 0 atom stereocenters. The summed E-state index contributed by atoms with van der Waals surface area (Å²) in [6, 6.07) is 1.38. The van der Waals surface area contributed by atoms with Gasteiger partial charge in [-0.25, -0.2) is 4.79 Å². The van der Waals surface area contributed by atoms with Crippen molar-refractivity contribution in [2.45, 2.75) is 13.8 Å². The summed E-state index contributed by atoms with van der Waals surface area (Å²) in [5, 5.41) is 0. The van der Waals surface area contributed by atoms with Crippen LogP contribution in [0.25, 0.3) is 0 Å². The summed E-state index contributed by atoms with van der Waals surface area (Å²) in [6.45, 7) is 6.87. The number of piperazine rings is 1. The van der Waals surface area contributed by atoms with Crippen LogP contribution in [0, 0.1) is 13.8 Å². The van der Waals surface area contributed by atoms with E-state index >= 15 is 0 Å². The van der Waals surface area contributed by atoms with E-state index in [0.29, 0.717) is 16.9 Å². The lowest BCUT2D eigenvalue weighted by Gasteiger charge is -2.30. The Morgan fingerprint density at radius 1 is 1.33 bits per heavy atom. The van der Waals surface area contributed by atoms with Crippen LogP contribution in [0.2, 0.25) is 0 Å². The molecule has 0 saturated carbocycles. The first-order chi connectivity index (χ1) is 8.49. The van der Waals surface area contributed by atoms with Crippen LogP contribution >= 0.6 is 0 Å². The summed E-state index contributed by atoms with van der Waals surface area (Å²) in [5.74, 6) is 0.387. The number of quaternary nitrogens is 1. The summed E-state index contributed by atoms with van der Waals surface area (Å²) in [5.41, 5.74) is 0.832. The Bertz CT molecular complexity index is 487. The zero-order valence-corrected chi connectivity index (χ0v) is 11.1. The summed E-state index contributed by atoms with van der Waals surface area (Å²) in [6.07, 6.45) is 0. The predicted octanol–water partition coefficient (Wildman–Crippen LogP) is -0.773. The van der Waals surface area contributed by atoms with Crippen molar-refractivity contribution in [1.82, 2.24) is 4.90 Å². The molecule has 0 spiro atoms. The van der Waals surface area contributed by atoms with Crippen LogP contribution in [-0.4, -0.2) is 44.0 Å². The lowest BCUT2D eigenvalue weighted by atomic mass is 10.1. The van der Waals surface area contributed by atoms with E-state index in [9.17, 15) is 9.59 Å². The molecule has 2 rings (SSSR count). The van der Waals surface area contributed by atoms with Gasteiger partial charge in [-0.1, -0.05) is 0 Å². The third-order valence-corrected chi connectivity index (χ3v) is 3.45. The molecule has 5 heteroatoms. The number of carbonyl (C=O) groups is 1. The maximum Gasteiger partial charge on any atom is 0.336 e. The van der Waals surface area contributed by atoms with E-state index in [2.05, 4.69) is 7.05 Å². The summed E-state index contributed by atoms with van der Waals surface area (Å²) in [4.78, 5) is 26.9. The standard InChI is InChI=1S/C13H18N2O3/c1-9-8-11(16)18-10(2)12(9)13(17)15-6-4-14(3)5-7-15/h8H,4-7H2,1-3H3/p+1. The van der Waals surface area contributed by atoms with Gasteiger partial charge in [-0.2, -0.15) is 0 Å². The fraction of sp³-hybridized carbons (Fsp3) is 0.538. The quantitative estimate of drug-likeness (QED) is 0.713. The predicted molar refractivity (Wildman–Crippen MR) is 67.0 cm³/mol. The Morgan fingerprint density at radius 2 is 1.94 bits per heavy atom. The second-order valence-electron chi connectivity index (χ2n) is 4.93. The number of hydrogen-bond donors (Lipinski definition) is 1. The molecule has 1 aliphatic rings.